The molecule has 0 heterocycles. The van der Waals surface area contributed by atoms with Gasteiger partial charge in [-0.25, -0.2) is 0 Å². The molecule has 0 aliphatic rings. The summed E-state index contributed by atoms with van der Waals surface area (Å²) in [4.78, 5) is 0. The molecular formula is C21H42O2. The SMILES string of the molecule is CCCCCCCCCCCCCCCCOC=CCC(C)O. The summed E-state index contributed by atoms with van der Waals surface area (Å²) in [5.74, 6) is 0. The van der Waals surface area contributed by atoms with Gasteiger partial charge in [-0.2, -0.15) is 0 Å². The van der Waals surface area contributed by atoms with E-state index in [9.17, 15) is 0 Å². The Morgan fingerprint density at radius 3 is 1.61 bits per heavy atom. The fraction of sp³-hybridized carbons (Fsp3) is 0.905. The minimum Gasteiger partial charge on any atom is -0.502 e. The highest BCUT2D eigenvalue weighted by Gasteiger charge is 1.94. The summed E-state index contributed by atoms with van der Waals surface area (Å²) < 4.78 is 5.40. The minimum atomic E-state index is -0.268. The van der Waals surface area contributed by atoms with E-state index in [-0.39, 0.29) is 6.10 Å². The number of unbranched alkanes of at least 4 members (excludes halogenated alkanes) is 13. The topological polar surface area (TPSA) is 29.5 Å². The van der Waals surface area contributed by atoms with Crippen LogP contribution in [0.15, 0.2) is 12.3 Å². The fourth-order valence-electron chi connectivity index (χ4n) is 2.77. The lowest BCUT2D eigenvalue weighted by atomic mass is 10.0. The van der Waals surface area contributed by atoms with E-state index in [1.807, 2.05) is 6.08 Å². The first-order valence-corrected chi connectivity index (χ1v) is 10.2. The van der Waals surface area contributed by atoms with Gasteiger partial charge in [0.15, 0.2) is 0 Å². The zero-order valence-corrected chi connectivity index (χ0v) is 15.9. The molecule has 2 heteroatoms. The number of aliphatic hydroxyl groups excluding tert-OH is 1. The molecule has 0 aliphatic heterocycles. The standard InChI is InChI=1S/C21H42O2/c1-3-4-5-6-7-8-9-10-11-12-13-14-15-16-19-23-20-17-18-21(2)22/h17,20-22H,3-16,18-19H2,1-2H3. The summed E-state index contributed by atoms with van der Waals surface area (Å²) in [6.07, 6.45) is 23.5. The molecule has 1 unspecified atom stereocenters. The predicted molar refractivity (Wildman–Crippen MR) is 102 cm³/mol. The Bertz CT molecular complexity index is 236. The molecule has 0 aromatic carbocycles. The number of hydrogen-bond acceptors (Lipinski definition) is 2. The number of aliphatic hydroxyl groups is 1. The van der Waals surface area contributed by atoms with Crippen molar-refractivity contribution in [1.82, 2.24) is 0 Å². The third kappa shape index (κ3) is 21.5. The first-order chi connectivity index (χ1) is 11.3. The molecule has 0 saturated heterocycles. The van der Waals surface area contributed by atoms with Crippen molar-refractivity contribution in [3.05, 3.63) is 12.3 Å². The quantitative estimate of drug-likeness (QED) is 0.222. The molecule has 0 saturated carbocycles. The van der Waals surface area contributed by atoms with Gasteiger partial charge in [0.1, 0.15) is 0 Å². The summed E-state index contributed by atoms with van der Waals surface area (Å²) in [7, 11) is 0. The van der Waals surface area contributed by atoms with Crippen molar-refractivity contribution in [3.8, 4) is 0 Å². The maximum absolute atomic E-state index is 9.08. The predicted octanol–water partition coefficient (Wildman–Crippen LogP) is 6.77. The lowest BCUT2D eigenvalue weighted by Crippen LogP contribution is -1.96. The van der Waals surface area contributed by atoms with Crippen LogP contribution in [0.2, 0.25) is 0 Å². The second kappa shape index (κ2) is 19.5. The highest BCUT2D eigenvalue weighted by molar-refractivity contribution is 4.75. The van der Waals surface area contributed by atoms with Crippen molar-refractivity contribution in [2.45, 2.75) is 116 Å². The first-order valence-electron chi connectivity index (χ1n) is 10.2. The van der Waals surface area contributed by atoms with E-state index in [1.54, 1.807) is 13.2 Å². The van der Waals surface area contributed by atoms with Crippen LogP contribution < -0.4 is 0 Å². The van der Waals surface area contributed by atoms with E-state index in [2.05, 4.69) is 6.92 Å². The van der Waals surface area contributed by atoms with Gasteiger partial charge >= 0.3 is 0 Å². The van der Waals surface area contributed by atoms with Crippen LogP contribution in [-0.4, -0.2) is 17.8 Å². The third-order valence-corrected chi connectivity index (χ3v) is 4.29. The van der Waals surface area contributed by atoms with Crippen LogP contribution in [0.5, 0.6) is 0 Å². The van der Waals surface area contributed by atoms with Crippen LogP contribution in [0, 0.1) is 0 Å². The van der Waals surface area contributed by atoms with Gasteiger partial charge in [0, 0.05) is 0 Å². The highest BCUT2D eigenvalue weighted by Crippen LogP contribution is 2.12. The van der Waals surface area contributed by atoms with Crippen molar-refractivity contribution >= 4 is 0 Å². The van der Waals surface area contributed by atoms with E-state index < -0.39 is 0 Å². The Morgan fingerprint density at radius 1 is 0.739 bits per heavy atom. The molecule has 0 amide bonds. The average molecular weight is 327 g/mol. The second-order valence-electron chi connectivity index (χ2n) is 6.92. The van der Waals surface area contributed by atoms with E-state index in [1.165, 1.54) is 83.5 Å². The summed E-state index contributed by atoms with van der Waals surface area (Å²) in [6, 6.07) is 0. The van der Waals surface area contributed by atoms with Crippen molar-refractivity contribution in [2.75, 3.05) is 6.61 Å². The molecule has 0 aromatic heterocycles. The molecule has 23 heavy (non-hydrogen) atoms. The van der Waals surface area contributed by atoms with Gasteiger partial charge in [-0.05, 0) is 25.8 Å². The average Bonchev–Trinajstić information content (AvgIpc) is 2.53. The first kappa shape index (κ1) is 22.5. The van der Waals surface area contributed by atoms with Crippen LogP contribution in [0.3, 0.4) is 0 Å². The van der Waals surface area contributed by atoms with E-state index in [0.717, 1.165) is 13.0 Å². The number of rotatable bonds is 18. The summed E-state index contributed by atoms with van der Waals surface area (Å²) in [6.45, 7) is 4.88. The third-order valence-electron chi connectivity index (χ3n) is 4.29. The molecule has 138 valence electrons. The Morgan fingerprint density at radius 2 is 1.17 bits per heavy atom. The van der Waals surface area contributed by atoms with E-state index in [0.29, 0.717) is 6.42 Å². The molecule has 2 nitrogen and oxygen atoms in total. The van der Waals surface area contributed by atoms with Crippen LogP contribution in [-0.2, 0) is 4.74 Å². The molecule has 0 aliphatic carbocycles. The highest BCUT2D eigenvalue weighted by atomic mass is 16.5. The van der Waals surface area contributed by atoms with Gasteiger partial charge in [-0.15, -0.1) is 0 Å². The van der Waals surface area contributed by atoms with Crippen molar-refractivity contribution in [2.24, 2.45) is 0 Å². The molecule has 0 bridgehead atoms. The smallest absolute Gasteiger partial charge is 0.0873 e. The number of hydrogen-bond donors (Lipinski definition) is 1. The van der Waals surface area contributed by atoms with Crippen molar-refractivity contribution in [1.29, 1.82) is 0 Å². The lowest BCUT2D eigenvalue weighted by Gasteiger charge is -2.03. The minimum absolute atomic E-state index is 0.268. The maximum atomic E-state index is 9.08. The zero-order chi connectivity index (χ0) is 17.0. The molecule has 1 atom stereocenters. The Labute approximate surface area is 145 Å². The van der Waals surface area contributed by atoms with Gasteiger partial charge in [0.25, 0.3) is 0 Å². The molecule has 0 rings (SSSR count). The van der Waals surface area contributed by atoms with E-state index in [4.69, 9.17) is 9.84 Å². The summed E-state index contributed by atoms with van der Waals surface area (Å²) >= 11 is 0. The normalized spacial score (nSPS) is 12.8. The second-order valence-corrected chi connectivity index (χ2v) is 6.92. The monoisotopic (exact) mass is 326 g/mol. The van der Waals surface area contributed by atoms with Crippen molar-refractivity contribution < 1.29 is 9.84 Å². The van der Waals surface area contributed by atoms with Crippen LogP contribution in [0.4, 0.5) is 0 Å². The molecule has 0 aromatic rings. The van der Waals surface area contributed by atoms with E-state index >= 15 is 0 Å². The van der Waals surface area contributed by atoms with Crippen LogP contribution >= 0.6 is 0 Å². The Balaban J connectivity index is 3.01. The molecular weight excluding hydrogens is 284 g/mol. The number of ether oxygens (including phenoxy) is 1. The lowest BCUT2D eigenvalue weighted by molar-refractivity contribution is 0.194. The summed E-state index contributed by atoms with van der Waals surface area (Å²) in [5, 5.41) is 9.08. The maximum Gasteiger partial charge on any atom is 0.0873 e. The van der Waals surface area contributed by atoms with Gasteiger partial charge in [0.2, 0.25) is 0 Å². The zero-order valence-electron chi connectivity index (χ0n) is 15.9. The molecule has 0 fully saturated rings. The van der Waals surface area contributed by atoms with Gasteiger partial charge < -0.3 is 9.84 Å². The molecule has 0 radical (unpaired) electrons. The molecule has 1 N–H and O–H groups in total. The Kier molecular flexibility index (Phi) is 19.1. The fourth-order valence-corrected chi connectivity index (χ4v) is 2.77. The van der Waals surface area contributed by atoms with Gasteiger partial charge in [-0.1, -0.05) is 90.4 Å². The van der Waals surface area contributed by atoms with Crippen LogP contribution in [0.25, 0.3) is 0 Å². The van der Waals surface area contributed by atoms with Gasteiger partial charge in [0.05, 0.1) is 19.0 Å². The van der Waals surface area contributed by atoms with Crippen molar-refractivity contribution in [3.63, 3.8) is 0 Å². The Hall–Kier alpha value is -0.500. The van der Waals surface area contributed by atoms with Crippen LogP contribution in [0.1, 0.15) is 110 Å². The molecule has 0 spiro atoms. The summed E-state index contributed by atoms with van der Waals surface area (Å²) in [5.41, 5.74) is 0. The largest absolute Gasteiger partial charge is 0.502 e. The van der Waals surface area contributed by atoms with Gasteiger partial charge in [-0.3, -0.25) is 0 Å².